The van der Waals surface area contributed by atoms with Crippen LogP contribution in [0.1, 0.15) is 31.4 Å². The Labute approximate surface area is 114 Å². The third kappa shape index (κ3) is 4.01. The minimum absolute atomic E-state index is 0.148. The van der Waals surface area contributed by atoms with Gasteiger partial charge in [0.2, 0.25) is 10.0 Å². The molecule has 1 saturated heterocycles. The minimum atomic E-state index is -3.61. The molecule has 6 heteroatoms. The third-order valence-corrected chi connectivity index (χ3v) is 4.34. The fourth-order valence-electron chi connectivity index (χ4n) is 2.26. The highest BCUT2D eigenvalue weighted by Gasteiger charge is 2.17. The zero-order valence-corrected chi connectivity index (χ0v) is 11.8. The van der Waals surface area contributed by atoms with Crippen molar-refractivity contribution in [2.24, 2.45) is 5.14 Å². The first-order valence-corrected chi connectivity index (χ1v) is 7.98. The Kier molecular flexibility index (Phi) is 4.57. The van der Waals surface area contributed by atoms with Crippen LogP contribution in [-0.4, -0.2) is 27.7 Å². The number of primary sulfonamides is 1. The largest absolute Gasteiger partial charge is 0.381 e. The second-order valence-corrected chi connectivity index (χ2v) is 6.45. The normalized spacial score (nSPS) is 19.3. The Morgan fingerprint density at radius 2 is 1.84 bits per heavy atom. The second kappa shape index (κ2) is 6.00. The molecule has 1 fully saturated rings. The molecule has 0 aliphatic carbocycles. The van der Waals surface area contributed by atoms with Crippen molar-refractivity contribution >= 4 is 10.0 Å². The van der Waals surface area contributed by atoms with E-state index in [1.54, 1.807) is 24.3 Å². The Morgan fingerprint density at radius 3 is 2.37 bits per heavy atom. The van der Waals surface area contributed by atoms with E-state index in [9.17, 15) is 8.42 Å². The van der Waals surface area contributed by atoms with Crippen LogP contribution < -0.4 is 10.5 Å². The van der Waals surface area contributed by atoms with E-state index < -0.39 is 10.0 Å². The van der Waals surface area contributed by atoms with Gasteiger partial charge in [0.1, 0.15) is 0 Å². The molecule has 0 aromatic heterocycles. The zero-order valence-electron chi connectivity index (χ0n) is 11.0. The highest BCUT2D eigenvalue weighted by Crippen LogP contribution is 2.18. The molecular formula is C13H20N2O3S. The van der Waals surface area contributed by atoms with Crippen LogP contribution in [0.15, 0.2) is 29.2 Å². The van der Waals surface area contributed by atoms with Gasteiger partial charge in [-0.2, -0.15) is 0 Å². The van der Waals surface area contributed by atoms with Crippen LogP contribution in [0.5, 0.6) is 0 Å². The predicted molar refractivity (Wildman–Crippen MR) is 73.2 cm³/mol. The predicted octanol–water partition coefficient (Wildman–Crippen LogP) is 1.16. The lowest BCUT2D eigenvalue weighted by Gasteiger charge is -2.27. The molecule has 0 saturated carbocycles. The first-order chi connectivity index (χ1) is 8.97. The summed E-state index contributed by atoms with van der Waals surface area (Å²) < 4.78 is 27.7. The molecule has 106 valence electrons. The number of hydrogen-bond donors (Lipinski definition) is 2. The number of ether oxygens (including phenoxy) is 1. The lowest BCUT2D eigenvalue weighted by Crippen LogP contribution is -2.36. The molecule has 1 aromatic carbocycles. The van der Waals surface area contributed by atoms with Crippen LogP contribution in [0.3, 0.4) is 0 Å². The molecule has 1 aliphatic rings. The molecule has 1 atom stereocenters. The van der Waals surface area contributed by atoms with Crippen molar-refractivity contribution in [1.82, 2.24) is 5.32 Å². The van der Waals surface area contributed by atoms with Crippen LogP contribution in [-0.2, 0) is 14.8 Å². The fraction of sp³-hybridized carbons (Fsp3) is 0.538. The van der Waals surface area contributed by atoms with Crippen LogP contribution in [0.4, 0.5) is 0 Å². The molecule has 19 heavy (non-hydrogen) atoms. The maximum atomic E-state index is 11.2. The van der Waals surface area contributed by atoms with Gasteiger partial charge in [0, 0.05) is 25.3 Å². The molecular weight excluding hydrogens is 264 g/mol. The Bertz CT molecular complexity index is 507. The van der Waals surface area contributed by atoms with Crippen LogP contribution in [0.25, 0.3) is 0 Å². The summed E-state index contributed by atoms with van der Waals surface area (Å²) in [5, 5.41) is 8.61. The Morgan fingerprint density at radius 1 is 1.26 bits per heavy atom. The quantitative estimate of drug-likeness (QED) is 0.869. The van der Waals surface area contributed by atoms with Gasteiger partial charge in [-0.25, -0.2) is 13.6 Å². The number of nitrogens with two attached hydrogens (primary N) is 1. The van der Waals surface area contributed by atoms with Crippen LogP contribution in [0.2, 0.25) is 0 Å². The molecule has 1 aromatic rings. The van der Waals surface area contributed by atoms with Gasteiger partial charge in [-0.15, -0.1) is 0 Å². The van der Waals surface area contributed by atoms with Crippen LogP contribution >= 0.6 is 0 Å². The number of sulfonamides is 1. The first kappa shape index (κ1) is 14.5. The van der Waals surface area contributed by atoms with Gasteiger partial charge in [0.15, 0.2) is 0 Å². The van der Waals surface area contributed by atoms with Crippen molar-refractivity contribution in [3.63, 3.8) is 0 Å². The Balaban J connectivity index is 2.01. The fourth-order valence-corrected chi connectivity index (χ4v) is 2.78. The van der Waals surface area contributed by atoms with Crippen molar-refractivity contribution in [3.05, 3.63) is 29.8 Å². The van der Waals surface area contributed by atoms with Gasteiger partial charge in [-0.1, -0.05) is 12.1 Å². The van der Waals surface area contributed by atoms with E-state index in [2.05, 4.69) is 12.2 Å². The van der Waals surface area contributed by atoms with Crippen molar-refractivity contribution < 1.29 is 13.2 Å². The van der Waals surface area contributed by atoms with Crippen molar-refractivity contribution in [2.45, 2.75) is 36.7 Å². The summed E-state index contributed by atoms with van der Waals surface area (Å²) in [6, 6.07) is 7.34. The summed E-state index contributed by atoms with van der Waals surface area (Å²) in [5.41, 5.74) is 1.05. The topological polar surface area (TPSA) is 81.4 Å². The van der Waals surface area contributed by atoms with E-state index in [0.717, 1.165) is 31.6 Å². The molecule has 1 unspecified atom stereocenters. The molecule has 0 bridgehead atoms. The standard InChI is InChI=1S/C13H20N2O3S/c1-10(15-12-6-8-18-9-7-12)11-2-4-13(5-3-11)19(14,16)17/h2-5,10,12,15H,6-9H2,1H3,(H2,14,16,17). The van der Waals surface area contributed by atoms with E-state index in [1.165, 1.54) is 0 Å². The van der Waals surface area contributed by atoms with Gasteiger partial charge in [0.05, 0.1) is 4.90 Å². The van der Waals surface area contributed by atoms with Gasteiger partial charge in [-0.3, -0.25) is 0 Å². The van der Waals surface area contributed by atoms with E-state index in [-0.39, 0.29) is 10.9 Å². The van der Waals surface area contributed by atoms with Gasteiger partial charge in [-0.05, 0) is 37.5 Å². The maximum Gasteiger partial charge on any atom is 0.238 e. The highest BCUT2D eigenvalue weighted by molar-refractivity contribution is 7.89. The number of hydrogen-bond acceptors (Lipinski definition) is 4. The van der Waals surface area contributed by atoms with Crippen molar-refractivity contribution in [1.29, 1.82) is 0 Å². The lowest BCUT2D eigenvalue weighted by atomic mass is 10.0. The molecule has 0 amide bonds. The SMILES string of the molecule is CC(NC1CCOCC1)c1ccc(S(N)(=O)=O)cc1. The van der Waals surface area contributed by atoms with Gasteiger partial charge >= 0.3 is 0 Å². The second-order valence-electron chi connectivity index (χ2n) is 4.89. The number of benzene rings is 1. The molecule has 1 aliphatic heterocycles. The minimum Gasteiger partial charge on any atom is -0.381 e. The lowest BCUT2D eigenvalue weighted by molar-refractivity contribution is 0.0754. The molecule has 0 radical (unpaired) electrons. The molecule has 0 spiro atoms. The molecule has 1 heterocycles. The average molecular weight is 284 g/mol. The van der Waals surface area contributed by atoms with Crippen molar-refractivity contribution in [3.8, 4) is 0 Å². The highest BCUT2D eigenvalue weighted by atomic mass is 32.2. The summed E-state index contributed by atoms with van der Waals surface area (Å²) >= 11 is 0. The van der Waals surface area contributed by atoms with Crippen LogP contribution in [0, 0.1) is 0 Å². The molecule has 3 N–H and O–H groups in total. The molecule has 2 rings (SSSR count). The monoisotopic (exact) mass is 284 g/mol. The number of rotatable bonds is 4. The zero-order chi connectivity index (χ0) is 13.9. The average Bonchev–Trinajstić information content (AvgIpc) is 2.39. The van der Waals surface area contributed by atoms with E-state index in [4.69, 9.17) is 9.88 Å². The summed E-state index contributed by atoms with van der Waals surface area (Å²) in [5.74, 6) is 0. The smallest absolute Gasteiger partial charge is 0.238 e. The maximum absolute atomic E-state index is 11.2. The Hall–Kier alpha value is -0.950. The summed E-state index contributed by atoms with van der Waals surface area (Å²) in [7, 11) is -3.61. The van der Waals surface area contributed by atoms with Crippen molar-refractivity contribution in [2.75, 3.05) is 13.2 Å². The summed E-state index contributed by atoms with van der Waals surface area (Å²) in [6.45, 7) is 3.67. The van der Waals surface area contributed by atoms with Gasteiger partial charge in [0.25, 0.3) is 0 Å². The molecule has 5 nitrogen and oxygen atoms in total. The first-order valence-electron chi connectivity index (χ1n) is 6.43. The van der Waals surface area contributed by atoms with Gasteiger partial charge < -0.3 is 10.1 Å². The number of nitrogens with one attached hydrogen (secondary N) is 1. The van der Waals surface area contributed by atoms with E-state index in [1.807, 2.05) is 0 Å². The summed E-state index contributed by atoms with van der Waals surface area (Å²) in [4.78, 5) is 0.148. The third-order valence-electron chi connectivity index (χ3n) is 3.42. The van der Waals surface area contributed by atoms with E-state index in [0.29, 0.717) is 6.04 Å². The van der Waals surface area contributed by atoms with E-state index >= 15 is 0 Å². The summed E-state index contributed by atoms with van der Waals surface area (Å²) in [6.07, 6.45) is 2.03.